The molecule has 3 nitrogen and oxygen atoms in total. The van der Waals surface area contributed by atoms with Crippen molar-refractivity contribution >= 4 is 11.5 Å². The highest BCUT2D eigenvalue weighted by Gasteiger charge is 2.68. The van der Waals surface area contributed by atoms with E-state index in [1.165, 1.54) is 68.9 Å². The van der Waals surface area contributed by atoms with Crippen LogP contribution in [0.1, 0.15) is 115 Å². The Morgan fingerprint density at radius 2 is 1.63 bits per heavy atom. The largest absolute Gasteiger partial charge is 0.478 e. The molecular formula is C35H51NO2. The van der Waals surface area contributed by atoms with Crippen molar-refractivity contribution in [2.45, 2.75) is 104 Å². The number of rotatable bonds is 2. The molecular weight excluding hydrogens is 466 g/mol. The number of carboxylic acids is 1. The second kappa shape index (κ2) is 9.65. The molecule has 1 aromatic carbocycles. The third-order valence-corrected chi connectivity index (χ3v) is 13.1. The average molecular weight is 518 g/mol. The third-order valence-electron chi connectivity index (χ3n) is 13.1. The Bertz CT molecular complexity index is 1110. The quantitative estimate of drug-likeness (QED) is 0.385. The van der Waals surface area contributed by atoms with E-state index in [1.807, 2.05) is 19.1 Å². The predicted molar refractivity (Wildman–Crippen MR) is 158 cm³/mol. The van der Waals surface area contributed by atoms with Crippen LogP contribution in [-0.2, 0) is 0 Å². The monoisotopic (exact) mass is 517 g/mol. The highest BCUT2D eigenvalue weighted by atomic mass is 16.4. The molecule has 0 aromatic heterocycles. The van der Waals surface area contributed by atoms with E-state index in [2.05, 4.69) is 40.3 Å². The highest BCUT2D eigenvalue weighted by Crippen LogP contribution is 2.74. The van der Waals surface area contributed by atoms with Crippen LogP contribution < -0.4 is 5.73 Å². The summed E-state index contributed by atoms with van der Waals surface area (Å²) in [5.74, 6) is 2.69. The Morgan fingerprint density at radius 3 is 2.29 bits per heavy atom. The van der Waals surface area contributed by atoms with E-state index in [-0.39, 0.29) is 5.54 Å². The van der Waals surface area contributed by atoms with Crippen molar-refractivity contribution in [1.29, 1.82) is 0 Å². The Hall–Kier alpha value is -1.87. The van der Waals surface area contributed by atoms with Gasteiger partial charge in [0.1, 0.15) is 0 Å². The maximum atomic E-state index is 11.3. The first-order valence-electron chi connectivity index (χ1n) is 15.3. The number of benzene rings is 1. The first kappa shape index (κ1) is 27.7. The summed E-state index contributed by atoms with van der Waals surface area (Å²) in [5, 5.41) is 9.31. The number of carbonyl (C=O) groups is 1. The van der Waals surface area contributed by atoms with Crippen LogP contribution in [0.15, 0.2) is 43.0 Å². The number of allylic oxidation sites excluding steroid dienone is 3. The molecule has 6 rings (SSSR count). The molecule has 5 aliphatic carbocycles. The minimum atomic E-state index is -0.849. The van der Waals surface area contributed by atoms with Crippen LogP contribution in [0.4, 0.5) is 0 Å². The Morgan fingerprint density at radius 1 is 0.947 bits per heavy atom. The average Bonchev–Trinajstić information content (AvgIpc) is 3.27. The molecule has 5 aliphatic rings. The van der Waals surface area contributed by atoms with E-state index in [0.29, 0.717) is 33.6 Å². The van der Waals surface area contributed by atoms with Crippen molar-refractivity contribution in [2.24, 2.45) is 51.6 Å². The summed E-state index contributed by atoms with van der Waals surface area (Å²) in [6.45, 7) is 15.7. The maximum Gasteiger partial charge on any atom is 0.335 e. The molecule has 8 unspecified atom stereocenters. The highest BCUT2D eigenvalue weighted by molar-refractivity contribution is 5.88. The Labute approximate surface area is 231 Å². The van der Waals surface area contributed by atoms with Crippen molar-refractivity contribution in [3.05, 3.63) is 54.1 Å². The molecule has 3 N–H and O–H groups in total. The SMILES string of the molecule is C=CC.CC1C(c2ccc(C(=O)O)cc2)=CCC2(C)C1CCC1(C)C2CCC2C3CCCC3(N)CC[C@]21C. The van der Waals surface area contributed by atoms with Gasteiger partial charge in [-0.15, -0.1) is 6.58 Å². The normalized spacial score (nSPS) is 45.2. The molecule has 4 saturated carbocycles. The second-order valence-electron chi connectivity index (χ2n) is 14.4. The van der Waals surface area contributed by atoms with Crippen LogP contribution in [0, 0.1) is 45.8 Å². The zero-order chi connectivity index (χ0) is 27.5. The summed E-state index contributed by atoms with van der Waals surface area (Å²) >= 11 is 0. The van der Waals surface area contributed by atoms with E-state index < -0.39 is 5.97 Å². The van der Waals surface area contributed by atoms with Crippen LogP contribution in [0.25, 0.3) is 5.57 Å². The predicted octanol–water partition coefficient (Wildman–Crippen LogP) is 8.75. The van der Waals surface area contributed by atoms with Gasteiger partial charge in [-0.3, -0.25) is 0 Å². The summed E-state index contributed by atoms with van der Waals surface area (Å²) in [5.41, 5.74) is 11.4. The van der Waals surface area contributed by atoms with Gasteiger partial charge in [-0.05, 0) is 134 Å². The summed E-state index contributed by atoms with van der Waals surface area (Å²) in [4.78, 5) is 11.3. The second-order valence-corrected chi connectivity index (χ2v) is 14.4. The van der Waals surface area contributed by atoms with Crippen molar-refractivity contribution in [1.82, 2.24) is 0 Å². The Kier molecular flexibility index (Phi) is 7.03. The molecule has 208 valence electrons. The number of carboxylic acid groups (broad SMARTS) is 1. The molecule has 3 heteroatoms. The lowest BCUT2D eigenvalue weighted by Gasteiger charge is -2.71. The lowest BCUT2D eigenvalue weighted by Crippen LogP contribution is -2.66. The van der Waals surface area contributed by atoms with E-state index in [9.17, 15) is 9.90 Å². The molecule has 0 saturated heterocycles. The summed E-state index contributed by atoms with van der Waals surface area (Å²) in [6, 6.07) is 7.58. The van der Waals surface area contributed by atoms with Crippen LogP contribution in [0.2, 0.25) is 0 Å². The molecule has 0 heterocycles. The number of aromatic carboxylic acids is 1. The molecule has 0 radical (unpaired) electrons. The number of fused-ring (bicyclic) bond motifs is 7. The number of nitrogens with two attached hydrogens (primary N) is 1. The van der Waals surface area contributed by atoms with Crippen LogP contribution in [0.3, 0.4) is 0 Å². The van der Waals surface area contributed by atoms with E-state index in [1.54, 1.807) is 18.2 Å². The van der Waals surface area contributed by atoms with Crippen molar-refractivity contribution in [3.8, 4) is 0 Å². The van der Waals surface area contributed by atoms with Crippen molar-refractivity contribution in [3.63, 3.8) is 0 Å². The number of hydrogen-bond donors (Lipinski definition) is 2. The van der Waals surface area contributed by atoms with Gasteiger partial charge in [-0.1, -0.05) is 58.4 Å². The molecule has 0 bridgehead atoms. The summed E-state index contributed by atoms with van der Waals surface area (Å²) in [7, 11) is 0. The molecule has 0 aliphatic heterocycles. The molecule has 1 aromatic rings. The van der Waals surface area contributed by atoms with Crippen molar-refractivity contribution < 1.29 is 9.90 Å². The van der Waals surface area contributed by atoms with Gasteiger partial charge in [0.05, 0.1) is 5.56 Å². The lowest BCUT2D eigenvalue weighted by molar-refractivity contribution is -0.209. The standard InChI is InChI=1S/C32H45NO2.C3H6/c1-20-23(21-7-9-22(10-8-21)28(34)35)13-16-29(2)24(20)14-17-31(4)27(29)12-11-25-26-6-5-15-32(26,33)19-18-30(25,31)3;1-3-2/h7-10,13,20,24-27H,5-6,11-12,14-19,33H2,1-4H3,(H,34,35);3H,1H2,2H3/t20?,24?,25?,26?,27?,29?,30-,31?,32?;/m1./s1. The third kappa shape index (κ3) is 3.89. The van der Waals surface area contributed by atoms with Gasteiger partial charge >= 0.3 is 5.97 Å². The molecule has 38 heavy (non-hydrogen) atoms. The van der Waals surface area contributed by atoms with E-state index in [4.69, 9.17) is 5.73 Å². The first-order chi connectivity index (χ1) is 17.9. The molecule has 0 amide bonds. The zero-order valence-corrected chi connectivity index (χ0v) is 24.6. The topological polar surface area (TPSA) is 63.3 Å². The first-order valence-corrected chi connectivity index (χ1v) is 15.3. The van der Waals surface area contributed by atoms with Gasteiger partial charge in [0.2, 0.25) is 0 Å². The Balaban J connectivity index is 0.000000937. The van der Waals surface area contributed by atoms with Gasteiger partial charge in [0.25, 0.3) is 0 Å². The fraction of sp³-hybridized carbons (Fsp3) is 0.686. The summed E-state index contributed by atoms with van der Waals surface area (Å²) < 4.78 is 0. The zero-order valence-electron chi connectivity index (χ0n) is 24.6. The fourth-order valence-electron chi connectivity index (χ4n) is 11.0. The smallest absolute Gasteiger partial charge is 0.335 e. The maximum absolute atomic E-state index is 11.3. The molecule has 0 spiro atoms. The molecule has 4 fully saturated rings. The van der Waals surface area contributed by atoms with Gasteiger partial charge in [0.15, 0.2) is 0 Å². The minimum absolute atomic E-state index is 0.127. The van der Waals surface area contributed by atoms with Crippen LogP contribution in [0.5, 0.6) is 0 Å². The lowest BCUT2D eigenvalue weighted by atomic mass is 9.34. The number of hydrogen-bond acceptors (Lipinski definition) is 2. The van der Waals surface area contributed by atoms with Crippen LogP contribution in [-0.4, -0.2) is 16.6 Å². The van der Waals surface area contributed by atoms with E-state index in [0.717, 1.165) is 24.2 Å². The minimum Gasteiger partial charge on any atom is -0.478 e. The fourth-order valence-corrected chi connectivity index (χ4v) is 11.0. The van der Waals surface area contributed by atoms with Crippen LogP contribution >= 0.6 is 0 Å². The summed E-state index contributed by atoms with van der Waals surface area (Å²) in [6.07, 6.45) is 17.4. The van der Waals surface area contributed by atoms with Gasteiger partial charge in [-0.25, -0.2) is 4.79 Å². The van der Waals surface area contributed by atoms with Gasteiger partial charge in [0, 0.05) is 5.54 Å². The van der Waals surface area contributed by atoms with Gasteiger partial charge in [-0.2, -0.15) is 0 Å². The van der Waals surface area contributed by atoms with Gasteiger partial charge < -0.3 is 10.8 Å². The van der Waals surface area contributed by atoms with E-state index >= 15 is 0 Å². The molecule has 9 atom stereocenters. The van der Waals surface area contributed by atoms with Crippen molar-refractivity contribution in [2.75, 3.05) is 0 Å².